The average molecular weight is 202 g/mol. The van der Waals surface area contributed by atoms with Gasteiger partial charge in [0.2, 0.25) is 6.43 Å². The molecule has 1 fully saturated rings. The van der Waals surface area contributed by atoms with Crippen LogP contribution in [0.1, 0.15) is 32.1 Å². The Hall–Kier alpha value is -0.690. The Morgan fingerprint density at radius 1 is 1.36 bits per heavy atom. The number of nitriles is 1. The summed E-state index contributed by atoms with van der Waals surface area (Å²) in [6.07, 6.45) is 1.66. The Bertz CT molecular complexity index is 201. The first-order chi connectivity index (χ1) is 6.74. The predicted octanol–water partition coefficient (Wildman–Crippen LogP) is 2.41. The van der Waals surface area contributed by atoms with Crippen molar-refractivity contribution < 1.29 is 8.78 Å². The van der Waals surface area contributed by atoms with E-state index in [2.05, 4.69) is 6.07 Å². The van der Waals surface area contributed by atoms with E-state index in [9.17, 15) is 8.78 Å². The quantitative estimate of drug-likeness (QED) is 0.702. The van der Waals surface area contributed by atoms with Crippen molar-refractivity contribution in [1.29, 1.82) is 5.26 Å². The zero-order valence-electron chi connectivity index (χ0n) is 8.25. The number of rotatable bonds is 3. The van der Waals surface area contributed by atoms with Gasteiger partial charge in [-0.2, -0.15) is 5.26 Å². The highest BCUT2D eigenvalue weighted by Gasteiger charge is 2.20. The van der Waals surface area contributed by atoms with Gasteiger partial charge >= 0.3 is 0 Å². The largest absolute Gasteiger partial charge is 0.288 e. The molecule has 0 aromatic rings. The minimum atomic E-state index is -2.25. The monoisotopic (exact) mass is 202 g/mol. The second kappa shape index (κ2) is 5.92. The highest BCUT2D eigenvalue weighted by Crippen LogP contribution is 2.17. The third kappa shape index (κ3) is 3.59. The normalized spacial score (nSPS) is 24.6. The minimum Gasteiger partial charge on any atom is -0.288 e. The summed E-state index contributed by atoms with van der Waals surface area (Å²) in [4.78, 5) is 1.90. The zero-order valence-corrected chi connectivity index (χ0v) is 8.25. The van der Waals surface area contributed by atoms with Crippen LogP contribution in [0.2, 0.25) is 0 Å². The molecule has 1 rings (SSSR count). The van der Waals surface area contributed by atoms with Crippen molar-refractivity contribution in [3.8, 4) is 6.07 Å². The van der Waals surface area contributed by atoms with Gasteiger partial charge in [0.05, 0.1) is 12.1 Å². The van der Waals surface area contributed by atoms with Gasteiger partial charge in [-0.05, 0) is 19.4 Å². The average Bonchev–Trinajstić information content (AvgIpc) is 2.38. The van der Waals surface area contributed by atoms with E-state index in [0.717, 1.165) is 32.2 Å². The number of likely N-dealkylation sites (tertiary alicyclic amines) is 1. The molecule has 0 amide bonds. The Balaban J connectivity index is 2.41. The molecule has 14 heavy (non-hydrogen) atoms. The summed E-state index contributed by atoms with van der Waals surface area (Å²) in [6.45, 7) is 1.15. The molecule has 4 heteroatoms. The number of hydrogen-bond acceptors (Lipinski definition) is 2. The summed E-state index contributed by atoms with van der Waals surface area (Å²) >= 11 is 0. The van der Waals surface area contributed by atoms with Gasteiger partial charge in [0, 0.05) is 13.0 Å². The van der Waals surface area contributed by atoms with Crippen LogP contribution < -0.4 is 0 Å². The molecule has 0 aromatic carbocycles. The van der Waals surface area contributed by atoms with E-state index in [1.54, 1.807) is 0 Å². The van der Waals surface area contributed by atoms with Crippen molar-refractivity contribution in [3.05, 3.63) is 0 Å². The van der Waals surface area contributed by atoms with Gasteiger partial charge in [0.1, 0.15) is 0 Å². The van der Waals surface area contributed by atoms with Crippen molar-refractivity contribution in [3.63, 3.8) is 0 Å². The SMILES string of the molecule is N#CC1CCCCCN1CCC(F)F. The van der Waals surface area contributed by atoms with Crippen LogP contribution in [0.5, 0.6) is 0 Å². The molecule has 0 aromatic heterocycles. The highest BCUT2D eigenvalue weighted by molar-refractivity contribution is 4.92. The molecule has 0 N–H and O–H groups in total. The fourth-order valence-corrected chi connectivity index (χ4v) is 1.85. The van der Waals surface area contributed by atoms with Crippen molar-refractivity contribution >= 4 is 0 Å². The molecule has 1 aliphatic heterocycles. The molecule has 1 heterocycles. The van der Waals surface area contributed by atoms with Crippen molar-refractivity contribution in [2.24, 2.45) is 0 Å². The number of alkyl halides is 2. The van der Waals surface area contributed by atoms with E-state index in [4.69, 9.17) is 5.26 Å². The molecular formula is C10H16F2N2. The molecule has 1 unspecified atom stereocenters. The van der Waals surface area contributed by atoms with Crippen LogP contribution in [-0.2, 0) is 0 Å². The van der Waals surface area contributed by atoms with Gasteiger partial charge in [0.25, 0.3) is 0 Å². The van der Waals surface area contributed by atoms with Gasteiger partial charge in [-0.25, -0.2) is 8.78 Å². The van der Waals surface area contributed by atoms with Gasteiger partial charge in [-0.1, -0.05) is 12.8 Å². The van der Waals surface area contributed by atoms with Gasteiger partial charge in [0.15, 0.2) is 0 Å². The van der Waals surface area contributed by atoms with E-state index in [0.29, 0.717) is 6.54 Å². The van der Waals surface area contributed by atoms with Gasteiger partial charge < -0.3 is 0 Å². The summed E-state index contributed by atoms with van der Waals surface area (Å²) in [7, 11) is 0. The van der Waals surface area contributed by atoms with Crippen LogP contribution in [-0.4, -0.2) is 30.5 Å². The summed E-state index contributed by atoms with van der Waals surface area (Å²) in [5.41, 5.74) is 0. The molecule has 0 radical (unpaired) electrons. The first-order valence-corrected chi connectivity index (χ1v) is 5.16. The van der Waals surface area contributed by atoms with Gasteiger partial charge in [-0.15, -0.1) is 0 Å². The maximum Gasteiger partial charge on any atom is 0.239 e. The van der Waals surface area contributed by atoms with Crippen molar-refractivity contribution in [2.75, 3.05) is 13.1 Å². The van der Waals surface area contributed by atoms with Crippen LogP contribution in [0.25, 0.3) is 0 Å². The van der Waals surface area contributed by atoms with Crippen LogP contribution in [0.3, 0.4) is 0 Å². The molecule has 1 saturated heterocycles. The highest BCUT2D eigenvalue weighted by atomic mass is 19.3. The molecule has 2 nitrogen and oxygen atoms in total. The summed E-state index contributed by atoms with van der Waals surface area (Å²) in [5.74, 6) is 0. The standard InChI is InChI=1S/C10H16F2N2/c11-10(12)5-7-14-6-3-1-2-4-9(14)8-13/h9-10H,1-7H2. The van der Waals surface area contributed by atoms with E-state index in [-0.39, 0.29) is 12.5 Å². The van der Waals surface area contributed by atoms with E-state index < -0.39 is 6.43 Å². The lowest BCUT2D eigenvalue weighted by molar-refractivity contribution is 0.110. The third-order valence-corrected chi connectivity index (χ3v) is 2.65. The summed E-state index contributed by atoms with van der Waals surface area (Å²) in [6, 6.07) is 2.06. The smallest absolute Gasteiger partial charge is 0.239 e. The van der Waals surface area contributed by atoms with Crippen LogP contribution in [0.4, 0.5) is 8.78 Å². The topological polar surface area (TPSA) is 27.0 Å². The number of nitrogens with zero attached hydrogens (tertiary/aromatic N) is 2. The fourth-order valence-electron chi connectivity index (χ4n) is 1.85. The van der Waals surface area contributed by atoms with Crippen LogP contribution in [0, 0.1) is 11.3 Å². The summed E-state index contributed by atoms with van der Waals surface area (Å²) in [5, 5.41) is 8.87. The Morgan fingerprint density at radius 3 is 2.79 bits per heavy atom. The molecule has 1 atom stereocenters. The molecule has 0 bridgehead atoms. The number of hydrogen-bond donors (Lipinski definition) is 0. The van der Waals surface area contributed by atoms with Crippen LogP contribution >= 0.6 is 0 Å². The maximum atomic E-state index is 12.0. The lowest BCUT2D eigenvalue weighted by Gasteiger charge is -2.24. The Labute approximate surface area is 83.5 Å². The second-order valence-corrected chi connectivity index (χ2v) is 3.71. The summed E-state index contributed by atoms with van der Waals surface area (Å²) < 4.78 is 24.0. The molecule has 0 saturated carbocycles. The fraction of sp³-hybridized carbons (Fsp3) is 0.900. The zero-order chi connectivity index (χ0) is 10.4. The van der Waals surface area contributed by atoms with Gasteiger partial charge in [-0.3, -0.25) is 4.90 Å². The lowest BCUT2D eigenvalue weighted by Crippen LogP contribution is -2.35. The molecule has 80 valence electrons. The minimum absolute atomic E-state index is 0.113. The molecule has 1 aliphatic rings. The van der Waals surface area contributed by atoms with Crippen molar-refractivity contribution in [1.82, 2.24) is 4.90 Å². The predicted molar refractivity (Wildman–Crippen MR) is 50.1 cm³/mol. The molecule has 0 spiro atoms. The third-order valence-electron chi connectivity index (χ3n) is 2.65. The van der Waals surface area contributed by atoms with E-state index >= 15 is 0 Å². The first-order valence-electron chi connectivity index (χ1n) is 5.16. The van der Waals surface area contributed by atoms with Crippen LogP contribution in [0.15, 0.2) is 0 Å². The van der Waals surface area contributed by atoms with E-state index in [1.807, 2.05) is 4.90 Å². The van der Waals surface area contributed by atoms with E-state index in [1.165, 1.54) is 0 Å². The Morgan fingerprint density at radius 2 is 2.14 bits per heavy atom. The second-order valence-electron chi connectivity index (χ2n) is 3.71. The molecular weight excluding hydrogens is 186 g/mol. The van der Waals surface area contributed by atoms with Crippen molar-refractivity contribution in [2.45, 2.75) is 44.6 Å². The maximum absolute atomic E-state index is 12.0. The molecule has 0 aliphatic carbocycles. The lowest BCUT2D eigenvalue weighted by atomic mass is 10.1. The Kier molecular flexibility index (Phi) is 4.81. The first kappa shape index (κ1) is 11.4. The number of halogens is 2.